The molecule has 1 aromatic heterocycles. The maximum atomic E-state index is 11.8. The van der Waals surface area contributed by atoms with E-state index in [4.69, 9.17) is 11.6 Å². The molecule has 2 N–H and O–H groups in total. The van der Waals surface area contributed by atoms with Gasteiger partial charge in [0.05, 0.1) is 23.4 Å². The molecule has 0 spiro atoms. The minimum absolute atomic E-state index is 0.0911. The molecule has 0 aliphatic carbocycles. The molecule has 0 saturated heterocycles. The van der Waals surface area contributed by atoms with Crippen molar-refractivity contribution in [2.75, 3.05) is 19.0 Å². The van der Waals surface area contributed by atoms with Crippen LogP contribution in [0.25, 0.3) is 0 Å². The van der Waals surface area contributed by atoms with Crippen LogP contribution in [-0.2, 0) is 16.1 Å². The number of hydrogen-bond acceptors (Lipinski definition) is 5. The van der Waals surface area contributed by atoms with Crippen LogP contribution in [0.2, 0.25) is 5.02 Å². The van der Waals surface area contributed by atoms with E-state index in [-0.39, 0.29) is 12.3 Å². The summed E-state index contributed by atoms with van der Waals surface area (Å²) in [6.45, 7) is 0.828. The third-order valence-electron chi connectivity index (χ3n) is 3.27. The second-order valence-corrected chi connectivity index (χ2v) is 5.41. The van der Waals surface area contributed by atoms with E-state index < -0.39 is 5.97 Å². The molecule has 0 unspecified atom stereocenters. The molecule has 2 aromatic rings. The van der Waals surface area contributed by atoms with Crippen LogP contribution in [-0.4, -0.2) is 30.5 Å². The van der Waals surface area contributed by atoms with Crippen molar-refractivity contribution in [3.05, 3.63) is 58.9 Å². The molecule has 6 nitrogen and oxygen atoms in total. The molecule has 1 amide bonds. The molecule has 7 heteroatoms. The fourth-order valence-corrected chi connectivity index (χ4v) is 2.19. The second-order valence-electron chi connectivity index (χ2n) is 5.00. The highest BCUT2D eigenvalue weighted by molar-refractivity contribution is 6.33. The molecule has 0 radical (unpaired) electrons. The Morgan fingerprint density at radius 3 is 2.83 bits per heavy atom. The number of methoxy groups -OCH3 is 1. The van der Waals surface area contributed by atoms with Crippen LogP contribution < -0.4 is 10.6 Å². The Labute approximate surface area is 145 Å². The van der Waals surface area contributed by atoms with Gasteiger partial charge in [-0.15, -0.1) is 0 Å². The standard InChI is InChI=1S/C17H18ClN3O3/c1-24-17(23)13-4-5-14(18)15(9-13)20-8-6-16(22)21-11-12-3-2-7-19-10-12/h2-5,7,9-10,20H,6,8,11H2,1H3,(H,21,22). The Bertz CT molecular complexity index is 707. The maximum Gasteiger partial charge on any atom is 0.337 e. The van der Waals surface area contributed by atoms with Crippen molar-refractivity contribution in [3.8, 4) is 0 Å². The zero-order valence-electron chi connectivity index (χ0n) is 13.2. The second kappa shape index (κ2) is 8.88. The van der Waals surface area contributed by atoms with Crippen molar-refractivity contribution in [1.82, 2.24) is 10.3 Å². The number of nitrogens with zero attached hydrogens (tertiary/aromatic N) is 1. The van der Waals surface area contributed by atoms with E-state index in [2.05, 4.69) is 20.4 Å². The van der Waals surface area contributed by atoms with Crippen molar-refractivity contribution in [1.29, 1.82) is 0 Å². The first kappa shape index (κ1) is 17.7. The van der Waals surface area contributed by atoms with E-state index in [0.29, 0.717) is 29.4 Å². The van der Waals surface area contributed by atoms with E-state index in [1.807, 2.05) is 12.1 Å². The first-order valence-corrected chi connectivity index (χ1v) is 7.75. The summed E-state index contributed by atoms with van der Waals surface area (Å²) in [6, 6.07) is 8.50. The highest BCUT2D eigenvalue weighted by Crippen LogP contribution is 2.23. The summed E-state index contributed by atoms with van der Waals surface area (Å²) in [7, 11) is 1.32. The van der Waals surface area contributed by atoms with Crippen LogP contribution in [0.1, 0.15) is 22.3 Å². The first-order valence-electron chi connectivity index (χ1n) is 7.37. The summed E-state index contributed by atoms with van der Waals surface area (Å²) in [5.41, 5.74) is 1.91. The summed E-state index contributed by atoms with van der Waals surface area (Å²) in [5, 5.41) is 6.33. The molecular weight excluding hydrogens is 330 g/mol. The quantitative estimate of drug-likeness (QED) is 0.753. The number of carbonyl (C=O) groups excluding carboxylic acids is 2. The van der Waals surface area contributed by atoms with Crippen LogP contribution in [0, 0.1) is 0 Å². The number of ether oxygens (including phenoxy) is 1. The van der Waals surface area contributed by atoms with Gasteiger partial charge in [0.15, 0.2) is 0 Å². The number of esters is 1. The zero-order chi connectivity index (χ0) is 17.4. The Morgan fingerprint density at radius 2 is 2.12 bits per heavy atom. The molecular formula is C17H18ClN3O3. The summed E-state index contributed by atoms with van der Waals surface area (Å²) >= 11 is 6.08. The number of pyridine rings is 1. The number of carbonyl (C=O) groups is 2. The summed E-state index contributed by atoms with van der Waals surface area (Å²) < 4.78 is 4.67. The Balaban J connectivity index is 1.81. The molecule has 0 saturated carbocycles. The summed E-state index contributed by atoms with van der Waals surface area (Å²) in [4.78, 5) is 27.3. The molecule has 0 aliphatic heterocycles. The lowest BCUT2D eigenvalue weighted by molar-refractivity contribution is -0.121. The predicted octanol–water partition coefficient (Wildman–Crippen LogP) is 2.64. The Morgan fingerprint density at radius 1 is 1.29 bits per heavy atom. The highest BCUT2D eigenvalue weighted by Gasteiger charge is 2.09. The smallest absolute Gasteiger partial charge is 0.337 e. The lowest BCUT2D eigenvalue weighted by Gasteiger charge is -2.10. The molecule has 24 heavy (non-hydrogen) atoms. The monoisotopic (exact) mass is 347 g/mol. The van der Waals surface area contributed by atoms with Crippen molar-refractivity contribution < 1.29 is 14.3 Å². The van der Waals surface area contributed by atoms with Gasteiger partial charge in [-0.3, -0.25) is 9.78 Å². The van der Waals surface area contributed by atoms with Gasteiger partial charge < -0.3 is 15.4 Å². The van der Waals surface area contributed by atoms with E-state index in [0.717, 1.165) is 5.56 Å². The predicted molar refractivity (Wildman–Crippen MR) is 92.0 cm³/mol. The van der Waals surface area contributed by atoms with Gasteiger partial charge in [0, 0.05) is 31.9 Å². The van der Waals surface area contributed by atoms with Crippen LogP contribution in [0.4, 0.5) is 5.69 Å². The highest BCUT2D eigenvalue weighted by atomic mass is 35.5. The van der Waals surface area contributed by atoms with Gasteiger partial charge >= 0.3 is 5.97 Å². The Hall–Kier alpha value is -2.60. The van der Waals surface area contributed by atoms with Gasteiger partial charge in [0.25, 0.3) is 0 Å². The largest absolute Gasteiger partial charge is 0.465 e. The fourth-order valence-electron chi connectivity index (χ4n) is 2.01. The van der Waals surface area contributed by atoms with Crippen LogP contribution >= 0.6 is 11.6 Å². The molecule has 1 aromatic carbocycles. The average Bonchev–Trinajstić information content (AvgIpc) is 2.61. The van der Waals surface area contributed by atoms with Gasteiger partial charge in [-0.1, -0.05) is 17.7 Å². The normalized spacial score (nSPS) is 10.1. The third-order valence-corrected chi connectivity index (χ3v) is 3.60. The number of amides is 1. The van der Waals surface area contributed by atoms with Crippen LogP contribution in [0.15, 0.2) is 42.7 Å². The van der Waals surface area contributed by atoms with E-state index in [9.17, 15) is 9.59 Å². The number of halogens is 1. The summed E-state index contributed by atoms with van der Waals surface area (Å²) in [6.07, 6.45) is 3.66. The van der Waals surface area contributed by atoms with E-state index in [1.165, 1.54) is 7.11 Å². The van der Waals surface area contributed by atoms with Gasteiger partial charge in [0.2, 0.25) is 5.91 Å². The molecule has 0 atom stereocenters. The SMILES string of the molecule is COC(=O)c1ccc(Cl)c(NCCC(=O)NCc2cccnc2)c1. The number of rotatable bonds is 7. The molecule has 2 rings (SSSR count). The topological polar surface area (TPSA) is 80.3 Å². The Kier molecular flexibility index (Phi) is 6.57. The lowest BCUT2D eigenvalue weighted by atomic mass is 10.2. The number of hydrogen-bond donors (Lipinski definition) is 2. The molecule has 0 bridgehead atoms. The first-order chi connectivity index (χ1) is 11.6. The minimum Gasteiger partial charge on any atom is -0.465 e. The van der Waals surface area contributed by atoms with Crippen molar-refractivity contribution in [2.24, 2.45) is 0 Å². The van der Waals surface area contributed by atoms with Gasteiger partial charge in [-0.25, -0.2) is 4.79 Å². The van der Waals surface area contributed by atoms with E-state index in [1.54, 1.807) is 30.6 Å². The summed E-state index contributed by atoms with van der Waals surface area (Å²) in [5.74, 6) is -0.532. The zero-order valence-corrected chi connectivity index (χ0v) is 14.0. The number of nitrogens with one attached hydrogen (secondary N) is 2. The molecule has 0 fully saturated rings. The minimum atomic E-state index is -0.441. The molecule has 1 heterocycles. The van der Waals surface area contributed by atoms with Gasteiger partial charge in [-0.05, 0) is 29.8 Å². The van der Waals surface area contributed by atoms with E-state index >= 15 is 0 Å². The van der Waals surface area contributed by atoms with Crippen molar-refractivity contribution in [3.63, 3.8) is 0 Å². The number of benzene rings is 1. The van der Waals surface area contributed by atoms with Crippen LogP contribution in [0.3, 0.4) is 0 Å². The maximum absolute atomic E-state index is 11.8. The fraction of sp³-hybridized carbons (Fsp3) is 0.235. The van der Waals surface area contributed by atoms with Crippen molar-refractivity contribution >= 4 is 29.2 Å². The number of aromatic nitrogens is 1. The molecule has 0 aliphatic rings. The van der Waals surface area contributed by atoms with Gasteiger partial charge in [-0.2, -0.15) is 0 Å². The van der Waals surface area contributed by atoms with Crippen LogP contribution in [0.5, 0.6) is 0 Å². The third kappa shape index (κ3) is 5.24. The van der Waals surface area contributed by atoms with Crippen molar-refractivity contribution in [2.45, 2.75) is 13.0 Å². The average molecular weight is 348 g/mol. The van der Waals surface area contributed by atoms with Gasteiger partial charge in [0.1, 0.15) is 0 Å². The lowest BCUT2D eigenvalue weighted by Crippen LogP contribution is -2.25. The number of anilines is 1. The molecule has 126 valence electrons.